The highest BCUT2D eigenvalue weighted by atomic mass is 35.5. The van der Waals surface area contributed by atoms with Crippen LogP contribution in [0.5, 0.6) is 0 Å². The third-order valence-corrected chi connectivity index (χ3v) is 3.29. The Morgan fingerprint density at radius 3 is 3.20 bits per heavy atom. The normalized spacial score (nSPS) is 14.1. The maximum absolute atomic E-state index is 6.04. The second-order valence-corrected chi connectivity index (χ2v) is 4.51. The van der Waals surface area contributed by atoms with E-state index in [4.69, 9.17) is 11.6 Å². The molecule has 2 aromatic heterocycles. The minimum atomic E-state index is 0.324. The number of likely N-dealkylation sites (N-methyl/N-ethyl adjacent to an activating group) is 1. The molecule has 0 aliphatic rings. The molecule has 0 saturated carbocycles. The Morgan fingerprint density at radius 2 is 2.47 bits per heavy atom. The molecular formula is C10H12ClN3S. The summed E-state index contributed by atoms with van der Waals surface area (Å²) in [5.74, 6) is 0. The number of fused-ring (bicyclic) bond motifs is 1. The van der Waals surface area contributed by atoms with Crippen molar-refractivity contribution in [3.8, 4) is 0 Å². The van der Waals surface area contributed by atoms with E-state index < -0.39 is 0 Å². The average molecular weight is 242 g/mol. The van der Waals surface area contributed by atoms with Gasteiger partial charge >= 0.3 is 0 Å². The van der Waals surface area contributed by atoms with Crippen molar-refractivity contribution in [1.82, 2.24) is 14.7 Å². The second kappa shape index (κ2) is 4.35. The molecule has 0 radical (unpaired) electrons. The summed E-state index contributed by atoms with van der Waals surface area (Å²) >= 11 is 7.62. The van der Waals surface area contributed by atoms with Crippen molar-refractivity contribution in [2.75, 3.05) is 7.05 Å². The third-order valence-electron chi connectivity index (χ3n) is 2.25. The lowest BCUT2D eigenvalue weighted by Gasteiger charge is -2.01. The fraction of sp³-hybridized carbons (Fsp3) is 0.300. The number of hydrogen-bond acceptors (Lipinski definition) is 3. The topological polar surface area (TPSA) is 29.3 Å². The van der Waals surface area contributed by atoms with Gasteiger partial charge in [0.15, 0.2) is 10.1 Å². The summed E-state index contributed by atoms with van der Waals surface area (Å²) in [6.07, 6.45) is 6.03. The highest BCUT2D eigenvalue weighted by Crippen LogP contribution is 2.22. The molecule has 1 atom stereocenters. The molecule has 2 rings (SSSR count). The molecule has 0 bridgehead atoms. The molecule has 1 unspecified atom stereocenters. The first kappa shape index (κ1) is 10.7. The van der Waals surface area contributed by atoms with Crippen molar-refractivity contribution >= 4 is 34.0 Å². The maximum atomic E-state index is 6.04. The molecular weight excluding hydrogens is 230 g/mol. The van der Waals surface area contributed by atoms with Gasteiger partial charge in [0.05, 0.1) is 5.69 Å². The average Bonchev–Trinajstić information content (AvgIpc) is 2.75. The zero-order chi connectivity index (χ0) is 10.8. The molecule has 0 aliphatic carbocycles. The molecule has 0 amide bonds. The van der Waals surface area contributed by atoms with Gasteiger partial charge in [-0.3, -0.25) is 4.40 Å². The van der Waals surface area contributed by atoms with Crippen LogP contribution in [-0.4, -0.2) is 22.5 Å². The molecule has 15 heavy (non-hydrogen) atoms. The highest BCUT2D eigenvalue weighted by Gasteiger charge is 2.07. The second-order valence-electron chi connectivity index (χ2n) is 3.28. The van der Waals surface area contributed by atoms with Crippen LogP contribution >= 0.6 is 22.9 Å². The monoisotopic (exact) mass is 241 g/mol. The Morgan fingerprint density at radius 1 is 1.67 bits per heavy atom. The van der Waals surface area contributed by atoms with Gasteiger partial charge in [-0.05, 0) is 20.0 Å². The van der Waals surface area contributed by atoms with E-state index in [1.54, 1.807) is 11.3 Å². The van der Waals surface area contributed by atoms with Gasteiger partial charge in [-0.15, -0.1) is 11.3 Å². The van der Waals surface area contributed by atoms with Crippen molar-refractivity contribution in [3.05, 3.63) is 28.5 Å². The molecule has 0 spiro atoms. The minimum absolute atomic E-state index is 0.324. The van der Waals surface area contributed by atoms with Gasteiger partial charge in [-0.25, -0.2) is 4.98 Å². The van der Waals surface area contributed by atoms with E-state index in [2.05, 4.69) is 23.3 Å². The number of nitrogens with one attached hydrogen (secondary N) is 1. The largest absolute Gasteiger partial charge is 0.314 e. The van der Waals surface area contributed by atoms with Gasteiger partial charge in [0, 0.05) is 17.6 Å². The van der Waals surface area contributed by atoms with Crippen LogP contribution in [0.25, 0.3) is 11.0 Å². The molecule has 80 valence electrons. The lowest BCUT2D eigenvalue weighted by atomic mass is 10.3. The van der Waals surface area contributed by atoms with Crippen LogP contribution in [0.1, 0.15) is 12.6 Å². The Kier molecular flexibility index (Phi) is 3.09. The van der Waals surface area contributed by atoms with Crippen LogP contribution in [0.15, 0.2) is 17.7 Å². The van der Waals surface area contributed by atoms with Crippen LogP contribution in [0.3, 0.4) is 0 Å². The van der Waals surface area contributed by atoms with Crippen LogP contribution in [0.2, 0.25) is 5.15 Å². The number of rotatable bonds is 3. The summed E-state index contributed by atoms with van der Waals surface area (Å²) in [7, 11) is 1.92. The van der Waals surface area contributed by atoms with Crippen molar-refractivity contribution in [2.45, 2.75) is 13.0 Å². The summed E-state index contributed by atoms with van der Waals surface area (Å²) in [4.78, 5) is 5.18. The van der Waals surface area contributed by atoms with E-state index in [9.17, 15) is 0 Å². The summed E-state index contributed by atoms with van der Waals surface area (Å²) in [6.45, 7) is 2.08. The Balaban J connectivity index is 2.37. The van der Waals surface area contributed by atoms with E-state index in [0.717, 1.165) is 10.7 Å². The number of thiazole rings is 1. The van der Waals surface area contributed by atoms with Gasteiger partial charge in [-0.1, -0.05) is 17.7 Å². The van der Waals surface area contributed by atoms with Crippen molar-refractivity contribution in [3.63, 3.8) is 0 Å². The van der Waals surface area contributed by atoms with E-state index in [1.165, 1.54) is 0 Å². The molecule has 3 nitrogen and oxygen atoms in total. The zero-order valence-electron chi connectivity index (χ0n) is 8.57. The predicted molar refractivity (Wildman–Crippen MR) is 65.6 cm³/mol. The zero-order valence-corrected chi connectivity index (χ0v) is 10.1. The first-order valence-corrected chi connectivity index (χ1v) is 5.94. The van der Waals surface area contributed by atoms with Crippen LogP contribution in [0.4, 0.5) is 0 Å². The van der Waals surface area contributed by atoms with E-state index in [0.29, 0.717) is 11.2 Å². The molecule has 0 saturated heterocycles. The summed E-state index contributed by atoms with van der Waals surface area (Å²) < 4.78 is 1.99. The standard InChI is InChI=1S/C10H12ClN3S/c1-7(12-2)3-4-8-9(11)13-10-14(8)5-6-15-10/h3-7,12H,1-2H3/b4-3+. The van der Waals surface area contributed by atoms with Crippen LogP contribution in [-0.2, 0) is 0 Å². The fourth-order valence-corrected chi connectivity index (χ4v) is 2.26. The van der Waals surface area contributed by atoms with Gasteiger partial charge in [0.1, 0.15) is 0 Å². The summed E-state index contributed by atoms with van der Waals surface area (Å²) in [5, 5.41) is 5.69. The Labute approximate surface area is 97.4 Å². The summed E-state index contributed by atoms with van der Waals surface area (Å²) in [6, 6.07) is 0.324. The molecule has 0 aliphatic heterocycles. The summed E-state index contributed by atoms with van der Waals surface area (Å²) in [5.41, 5.74) is 0.940. The molecule has 0 fully saturated rings. The number of halogens is 1. The van der Waals surface area contributed by atoms with Crippen molar-refractivity contribution in [1.29, 1.82) is 0 Å². The van der Waals surface area contributed by atoms with Gasteiger partial charge in [0.2, 0.25) is 0 Å². The lowest BCUT2D eigenvalue weighted by Crippen LogP contribution is -2.17. The smallest absolute Gasteiger partial charge is 0.195 e. The number of nitrogens with zero attached hydrogens (tertiary/aromatic N) is 2. The number of hydrogen-bond donors (Lipinski definition) is 1. The van der Waals surface area contributed by atoms with Crippen molar-refractivity contribution < 1.29 is 0 Å². The van der Waals surface area contributed by atoms with E-state index in [1.807, 2.05) is 29.1 Å². The first-order valence-electron chi connectivity index (χ1n) is 4.69. The number of aromatic nitrogens is 2. The molecule has 1 N–H and O–H groups in total. The van der Waals surface area contributed by atoms with E-state index in [-0.39, 0.29) is 0 Å². The number of imidazole rings is 1. The SMILES string of the molecule is CNC(C)/C=C/c1c(Cl)nc2sccn12. The van der Waals surface area contributed by atoms with Crippen LogP contribution < -0.4 is 5.32 Å². The third kappa shape index (κ3) is 2.07. The van der Waals surface area contributed by atoms with E-state index >= 15 is 0 Å². The Bertz CT molecular complexity index is 486. The van der Waals surface area contributed by atoms with Gasteiger partial charge in [0.25, 0.3) is 0 Å². The highest BCUT2D eigenvalue weighted by molar-refractivity contribution is 7.15. The molecule has 5 heteroatoms. The molecule has 0 aromatic carbocycles. The first-order chi connectivity index (χ1) is 7.22. The maximum Gasteiger partial charge on any atom is 0.195 e. The molecule has 2 aromatic rings. The molecule has 2 heterocycles. The quantitative estimate of drug-likeness (QED) is 0.895. The van der Waals surface area contributed by atoms with Gasteiger partial charge < -0.3 is 5.32 Å². The fourth-order valence-electron chi connectivity index (χ4n) is 1.26. The lowest BCUT2D eigenvalue weighted by molar-refractivity contribution is 0.731. The minimum Gasteiger partial charge on any atom is -0.314 e. The Hall–Kier alpha value is -0.840. The van der Waals surface area contributed by atoms with Crippen molar-refractivity contribution in [2.24, 2.45) is 0 Å². The van der Waals surface area contributed by atoms with Gasteiger partial charge in [-0.2, -0.15) is 0 Å². The predicted octanol–water partition coefficient (Wildman–Crippen LogP) is 2.67. The van der Waals surface area contributed by atoms with Crippen LogP contribution in [0, 0.1) is 0 Å².